The fraction of sp³-hybridized carbons (Fsp3) is 0.455. The summed E-state index contributed by atoms with van der Waals surface area (Å²) in [5.41, 5.74) is 11.0. The Hall–Kier alpha value is -1.98. The number of hydrogen-bond acceptors (Lipinski definition) is 3. The van der Waals surface area contributed by atoms with Crippen LogP contribution in [-0.2, 0) is 11.8 Å². The number of primary amides is 1. The van der Waals surface area contributed by atoms with Crippen LogP contribution in [0.25, 0.3) is 0 Å². The van der Waals surface area contributed by atoms with Crippen LogP contribution in [0, 0.1) is 0 Å². The van der Waals surface area contributed by atoms with E-state index in [0.29, 0.717) is 11.4 Å². The molecule has 0 atom stereocenters. The van der Waals surface area contributed by atoms with Gasteiger partial charge in [-0.2, -0.15) is 0 Å². The number of nitrogens with one attached hydrogen (secondary N) is 1. The van der Waals surface area contributed by atoms with Gasteiger partial charge in [0.05, 0.1) is 5.69 Å². The molecule has 0 fully saturated rings. The minimum atomic E-state index is -0.679. The summed E-state index contributed by atoms with van der Waals surface area (Å²) in [6, 6.07) is 1.58. The Labute approximate surface area is 100.0 Å². The molecule has 94 valence electrons. The summed E-state index contributed by atoms with van der Waals surface area (Å²) in [5, 5.41) is 2.74. The maximum atomic E-state index is 11.9. The molecule has 0 aliphatic carbocycles. The largest absolute Gasteiger partial charge is 0.397 e. The van der Waals surface area contributed by atoms with Crippen LogP contribution in [0.3, 0.4) is 0 Å². The lowest BCUT2D eigenvalue weighted by Crippen LogP contribution is -2.46. The highest BCUT2D eigenvalue weighted by molar-refractivity contribution is 5.94. The Balaban J connectivity index is 2.79. The summed E-state index contributed by atoms with van der Waals surface area (Å²) in [5.74, 6) is -0.739. The van der Waals surface area contributed by atoms with Crippen LogP contribution in [0.2, 0.25) is 0 Å². The third-order valence-electron chi connectivity index (χ3n) is 2.33. The minimum absolute atomic E-state index is 0.0820. The van der Waals surface area contributed by atoms with Gasteiger partial charge in [0.15, 0.2) is 0 Å². The van der Waals surface area contributed by atoms with Crippen molar-refractivity contribution < 1.29 is 9.59 Å². The van der Waals surface area contributed by atoms with Crippen LogP contribution in [0.1, 0.15) is 30.8 Å². The summed E-state index contributed by atoms with van der Waals surface area (Å²) < 4.78 is 1.63. The molecular formula is C11H18N4O2. The Morgan fingerprint density at radius 3 is 2.47 bits per heavy atom. The van der Waals surface area contributed by atoms with Gasteiger partial charge in [-0.15, -0.1) is 0 Å². The van der Waals surface area contributed by atoms with E-state index in [2.05, 4.69) is 5.32 Å². The van der Waals surface area contributed by atoms with Crippen molar-refractivity contribution in [1.29, 1.82) is 0 Å². The molecule has 1 aromatic heterocycles. The second-order valence-corrected chi connectivity index (χ2v) is 4.75. The van der Waals surface area contributed by atoms with Crippen LogP contribution in [0.5, 0.6) is 0 Å². The van der Waals surface area contributed by atoms with E-state index in [4.69, 9.17) is 11.5 Å². The van der Waals surface area contributed by atoms with Gasteiger partial charge in [0, 0.05) is 25.2 Å². The van der Waals surface area contributed by atoms with Gasteiger partial charge in [0.25, 0.3) is 5.91 Å². The van der Waals surface area contributed by atoms with Crippen LogP contribution in [-0.4, -0.2) is 21.9 Å². The van der Waals surface area contributed by atoms with Crippen LogP contribution >= 0.6 is 0 Å². The number of nitrogen functional groups attached to an aromatic ring is 1. The topological polar surface area (TPSA) is 103 Å². The van der Waals surface area contributed by atoms with E-state index in [9.17, 15) is 9.59 Å². The first-order valence-corrected chi connectivity index (χ1v) is 5.24. The molecule has 0 aromatic carbocycles. The molecule has 2 amide bonds. The molecule has 0 radical (unpaired) electrons. The monoisotopic (exact) mass is 238 g/mol. The molecule has 5 N–H and O–H groups in total. The van der Waals surface area contributed by atoms with Crippen molar-refractivity contribution in [3.63, 3.8) is 0 Å². The average Bonchev–Trinajstić information content (AvgIpc) is 2.41. The molecule has 1 heterocycles. The lowest BCUT2D eigenvalue weighted by molar-refractivity contribution is -0.119. The molecule has 17 heavy (non-hydrogen) atoms. The Kier molecular flexibility index (Phi) is 3.45. The molecule has 6 nitrogen and oxygen atoms in total. The average molecular weight is 238 g/mol. The number of aromatic nitrogens is 1. The van der Waals surface area contributed by atoms with Crippen LogP contribution in [0.15, 0.2) is 12.3 Å². The highest BCUT2D eigenvalue weighted by atomic mass is 16.2. The Morgan fingerprint density at radius 1 is 1.47 bits per heavy atom. The third kappa shape index (κ3) is 3.51. The molecule has 1 rings (SSSR count). The zero-order chi connectivity index (χ0) is 13.2. The number of rotatable bonds is 4. The Morgan fingerprint density at radius 2 is 2.06 bits per heavy atom. The third-order valence-corrected chi connectivity index (χ3v) is 2.33. The van der Waals surface area contributed by atoms with E-state index in [-0.39, 0.29) is 12.3 Å². The molecule has 0 aliphatic heterocycles. The molecule has 0 unspecified atom stereocenters. The lowest BCUT2D eigenvalue weighted by Gasteiger charge is -2.24. The van der Waals surface area contributed by atoms with Gasteiger partial charge in [-0.25, -0.2) is 0 Å². The quantitative estimate of drug-likeness (QED) is 0.687. The molecule has 0 saturated heterocycles. The van der Waals surface area contributed by atoms with Crippen molar-refractivity contribution in [1.82, 2.24) is 9.88 Å². The Bertz CT molecular complexity index is 448. The SMILES string of the molecule is Cn1cc(N)cc1C(=O)NC(C)(C)CC(N)=O. The number of carbonyl (C=O) groups excluding carboxylic acids is 2. The van der Waals surface area contributed by atoms with E-state index < -0.39 is 11.4 Å². The highest BCUT2D eigenvalue weighted by Crippen LogP contribution is 2.12. The molecular weight excluding hydrogens is 220 g/mol. The van der Waals surface area contributed by atoms with Crippen molar-refractivity contribution in [2.45, 2.75) is 25.8 Å². The van der Waals surface area contributed by atoms with Crippen molar-refractivity contribution in [2.24, 2.45) is 12.8 Å². The van der Waals surface area contributed by atoms with E-state index >= 15 is 0 Å². The first kappa shape index (κ1) is 13.1. The van der Waals surface area contributed by atoms with Crippen LogP contribution < -0.4 is 16.8 Å². The second-order valence-electron chi connectivity index (χ2n) is 4.75. The first-order chi connectivity index (χ1) is 7.71. The van der Waals surface area contributed by atoms with Gasteiger partial charge in [-0.05, 0) is 19.9 Å². The van der Waals surface area contributed by atoms with Crippen LogP contribution in [0.4, 0.5) is 5.69 Å². The number of nitrogens with zero attached hydrogens (tertiary/aromatic N) is 1. The van der Waals surface area contributed by atoms with E-state index in [1.807, 2.05) is 0 Å². The predicted molar refractivity (Wildman–Crippen MR) is 65.2 cm³/mol. The number of hydrogen-bond donors (Lipinski definition) is 3. The van der Waals surface area contributed by atoms with Crippen molar-refractivity contribution in [3.05, 3.63) is 18.0 Å². The fourth-order valence-electron chi connectivity index (χ4n) is 1.67. The maximum absolute atomic E-state index is 11.9. The smallest absolute Gasteiger partial charge is 0.268 e. The highest BCUT2D eigenvalue weighted by Gasteiger charge is 2.24. The van der Waals surface area contributed by atoms with Gasteiger partial charge < -0.3 is 21.4 Å². The van der Waals surface area contributed by atoms with E-state index in [1.54, 1.807) is 37.7 Å². The summed E-state index contributed by atoms with van der Waals surface area (Å²) in [6.07, 6.45) is 1.73. The normalized spacial score (nSPS) is 11.2. The second kappa shape index (κ2) is 4.48. The number of nitrogens with two attached hydrogens (primary N) is 2. The van der Waals surface area contributed by atoms with Gasteiger partial charge in [0.2, 0.25) is 5.91 Å². The lowest BCUT2D eigenvalue weighted by atomic mass is 10.00. The minimum Gasteiger partial charge on any atom is -0.397 e. The fourth-order valence-corrected chi connectivity index (χ4v) is 1.67. The molecule has 1 aromatic rings. The van der Waals surface area contributed by atoms with Crippen molar-refractivity contribution >= 4 is 17.5 Å². The van der Waals surface area contributed by atoms with Crippen molar-refractivity contribution in [3.8, 4) is 0 Å². The summed E-state index contributed by atoms with van der Waals surface area (Å²) in [6.45, 7) is 3.48. The molecule has 0 spiro atoms. The van der Waals surface area contributed by atoms with Gasteiger partial charge >= 0.3 is 0 Å². The van der Waals surface area contributed by atoms with Gasteiger partial charge in [-0.1, -0.05) is 0 Å². The number of carbonyl (C=O) groups is 2. The van der Waals surface area contributed by atoms with Crippen molar-refractivity contribution in [2.75, 3.05) is 5.73 Å². The molecule has 6 heteroatoms. The first-order valence-electron chi connectivity index (χ1n) is 5.24. The molecule has 0 saturated carbocycles. The number of aryl methyl sites for hydroxylation is 1. The maximum Gasteiger partial charge on any atom is 0.268 e. The zero-order valence-corrected chi connectivity index (χ0v) is 10.3. The molecule has 0 bridgehead atoms. The van der Waals surface area contributed by atoms with E-state index in [0.717, 1.165) is 0 Å². The summed E-state index contributed by atoms with van der Waals surface area (Å²) in [7, 11) is 1.73. The summed E-state index contributed by atoms with van der Waals surface area (Å²) >= 11 is 0. The van der Waals surface area contributed by atoms with E-state index in [1.165, 1.54) is 0 Å². The summed E-state index contributed by atoms with van der Waals surface area (Å²) in [4.78, 5) is 22.8. The zero-order valence-electron chi connectivity index (χ0n) is 10.3. The standard InChI is InChI=1S/C11H18N4O2/c1-11(2,5-9(13)16)14-10(17)8-4-7(12)6-15(8)3/h4,6H,5,12H2,1-3H3,(H2,13,16)(H,14,17). The number of anilines is 1. The number of amides is 2. The van der Waals surface area contributed by atoms with Gasteiger partial charge in [-0.3, -0.25) is 9.59 Å². The molecule has 0 aliphatic rings. The van der Waals surface area contributed by atoms with Gasteiger partial charge in [0.1, 0.15) is 5.69 Å². The predicted octanol–water partition coefficient (Wildman–Crippen LogP) is -0.00890.